The molecule has 1 amide bonds. The van der Waals surface area contributed by atoms with E-state index >= 15 is 0 Å². The maximum atomic E-state index is 11.1. The molecule has 76 valence electrons. The molecule has 4 nitrogen and oxygen atoms in total. The van der Waals surface area contributed by atoms with Crippen molar-refractivity contribution in [2.24, 2.45) is 5.73 Å². The highest BCUT2D eigenvalue weighted by molar-refractivity contribution is 7.71. The quantitative estimate of drug-likeness (QED) is 0.644. The van der Waals surface area contributed by atoms with Crippen molar-refractivity contribution in [3.63, 3.8) is 0 Å². The van der Waals surface area contributed by atoms with Gasteiger partial charge in [0.15, 0.2) is 5.75 Å². The average molecular weight is 212 g/mol. The molecular formula is C9H12N2O2S. The number of amides is 1. The third-order valence-corrected chi connectivity index (χ3v) is 2.83. The number of nitrogens with zero attached hydrogens (tertiary/aromatic N) is 1. The molecule has 5 heteroatoms. The molecule has 14 heavy (non-hydrogen) atoms. The molecule has 0 spiro atoms. The lowest BCUT2D eigenvalue weighted by atomic mass is 10.2. The number of aromatic nitrogens is 1. The van der Waals surface area contributed by atoms with Crippen molar-refractivity contribution in [1.29, 1.82) is 0 Å². The molecule has 1 rings (SSSR count). The first-order chi connectivity index (χ1) is 6.37. The third-order valence-electron chi connectivity index (χ3n) is 2.33. The normalized spacial score (nSPS) is 10.2. The van der Waals surface area contributed by atoms with Crippen LogP contribution >= 0.6 is 12.2 Å². The second-order valence-electron chi connectivity index (χ2n) is 3.15. The Labute approximate surface area is 87.0 Å². The lowest BCUT2D eigenvalue weighted by Gasteiger charge is -2.14. The monoisotopic (exact) mass is 212 g/mol. The van der Waals surface area contributed by atoms with E-state index in [0.717, 1.165) is 0 Å². The number of hydrogen-bond acceptors (Lipinski definition) is 3. The Hall–Kier alpha value is -1.36. The lowest BCUT2D eigenvalue weighted by Crippen LogP contribution is -2.24. The molecular weight excluding hydrogens is 200 g/mol. The molecule has 0 unspecified atom stereocenters. The minimum absolute atomic E-state index is 0.0538. The Kier molecular flexibility index (Phi) is 2.62. The number of hydrogen-bond donors (Lipinski definition) is 2. The SMILES string of the molecule is Cc1c(C)n(C(N)=O)c(C)c(O)c1=S. The highest BCUT2D eigenvalue weighted by Crippen LogP contribution is 2.23. The summed E-state index contributed by atoms with van der Waals surface area (Å²) in [6.07, 6.45) is 0. The summed E-state index contributed by atoms with van der Waals surface area (Å²) < 4.78 is 1.62. The first kappa shape index (κ1) is 10.7. The van der Waals surface area contributed by atoms with Gasteiger partial charge in [0.1, 0.15) is 0 Å². The number of carbonyl (C=O) groups excluding carboxylic acids is 1. The minimum Gasteiger partial charge on any atom is -0.505 e. The van der Waals surface area contributed by atoms with Crippen LogP contribution < -0.4 is 5.73 Å². The van der Waals surface area contributed by atoms with Gasteiger partial charge in [-0.15, -0.1) is 0 Å². The van der Waals surface area contributed by atoms with E-state index in [1.807, 2.05) is 0 Å². The van der Waals surface area contributed by atoms with Gasteiger partial charge in [-0.25, -0.2) is 4.79 Å². The Bertz CT molecular complexity index is 431. The van der Waals surface area contributed by atoms with Crippen molar-refractivity contribution in [2.45, 2.75) is 20.8 Å². The van der Waals surface area contributed by atoms with Gasteiger partial charge in [0.25, 0.3) is 0 Å². The van der Waals surface area contributed by atoms with E-state index in [2.05, 4.69) is 0 Å². The van der Waals surface area contributed by atoms with Crippen molar-refractivity contribution in [2.75, 3.05) is 0 Å². The van der Waals surface area contributed by atoms with Gasteiger partial charge in [-0.3, -0.25) is 4.57 Å². The van der Waals surface area contributed by atoms with Crippen molar-refractivity contribution < 1.29 is 9.90 Å². The van der Waals surface area contributed by atoms with E-state index in [9.17, 15) is 9.90 Å². The average Bonchev–Trinajstić information content (AvgIpc) is 2.11. The largest absolute Gasteiger partial charge is 0.505 e. The number of pyridine rings is 1. The van der Waals surface area contributed by atoms with E-state index in [-0.39, 0.29) is 5.75 Å². The highest BCUT2D eigenvalue weighted by atomic mass is 32.1. The molecule has 1 heterocycles. The smallest absolute Gasteiger partial charge is 0.323 e. The van der Waals surface area contributed by atoms with Crippen molar-refractivity contribution in [3.05, 3.63) is 21.5 Å². The molecule has 0 fully saturated rings. The Balaban J connectivity index is 3.78. The van der Waals surface area contributed by atoms with Crippen molar-refractivity contribution >= 4 is 18.2 Å². The summed E-state index contributed by atoms with van der Waals surface area (Å²) in [6, 6.07) is -0.617. The van der Waals surface area contributed by atoms with Gasteiger partial charge in [0.05, 0.1) is 10.2 Å². The summed E-state index contributed by atoms with van der Waals surface area (Å²) in [5.74, 6) is -0.0538. The molecule has 0 aliphatic carbocycles. The number of aromatic hydroxyl groups is 1. The number of carbonyl (C=O) groups is 1. The van der Waals surface area contributed by atoms with Crippen LogP contribution in [0.15, 0.2) is 0 Å². The molecule has 1 aromatic rings. The summed E-state index contributed by atoms with van der Waals surface area (Å²) in [6.45, 7) is 5.08. The second-order valence-corrected chi connectivity index (χ2v) is 3.56. The predicted octanol–water partition coefficient (Wildman–Crippen LogP) is 1.78. The minimum atomic E-state index is -0.617. The molecule has 0 radical (unpaired) electrons. The fourth-order valence-corrected chi connectivity index (χ4v) is 1.66. The first-order valence-corrected chi connectivity index (χ1v) is 4.50. The van der Waals surface area contributed by atoms with Gasteiger partial charge in [0, 0.05) is 5.69 Å². The molecule has 0 bridgehead atoms. The van der Waals surface area contributed by atoms with Crippen LogP contribution in [-0.4, -0.2) is 15.7 Å². The van der Waals surface area contributed by atoms with Gasteiger partial charge in [0.2, 0.25) is 0 Å². The fraction of sp³-hybridized carbons (Fsp3) is 0.333. The van der Waals surface area contributed by atoms with Gasteiger partial charge in [-0.1, -0.05) is 12.2 Å². The standard InChI is InChI=1S/C9H12N2O2S/c1-4-5(2)11(9(10)13)6(3)7(12)8(4)14/h12H,1-3H3,(H2,10,13). The third kappa shape index (κ3) is 1.39. The summed E-state index contributed by atoms with van der Waals surface area (Å²) in [5, 5.41) is 9.61. The molecule has 0 saturated carbocycles. The van der Waals surface area contributed by atoms with Crippen molar-refractivity contribution in [1.82, 2.24) is 4.57 Å². The summed E-state index contributed by atoms with van der Waals surface area (Å²) in [5.41, 5.74) is 6.92. The van der Waals surface area contributed by atoms with Crippen LogP contribution in [0, 0.1) is 25.3 Å². The maximum absolute atomic E-state index is 11.1. The second kappa shape index (κ2) is 3.42. The van der Waals surface area contributed by atoms with Crippen LogP contribution in [0.5, 0.6) is 5.75 Å². The summed E-state index contributed by atoms with van der Waals surface area (Å²) >= 11 is 5.00. The van der Waals surface area contributed by atoms with E-state index in [1.165, 1.54) is 4.57 Å². The van der Waals surface area contributed by atoms with Gasteiger partial charge in [-0.2, -0.15) is 0 Å². The van der Waals surface area contributed by atoms with Gasteiger partial charge >= 0.3 is 6.03 Å². The van der Waals surface area contributed by atoms with Crippen molar-refractivity contribution in [3.8, 4) is 5.75 Å². The van der Waals surface area contributed by atoms with Crippen LogP contribution in [0.3, 0.4) is 0 Å². The van der Waals surface area contributed by atoms with Crippen LogP contribution in [0.25, 0.3) is 0 Å². The zero-order valence-corrected chi connectivity index (χ0v) is 9.10. The number of nitrogens with two attached hydrogens (primary N) is 1. The number of rotatable bonds is 0. The van der Waals surface area contributed by atoms with E-state index in [0.29, 0.717) is 21.5 Å². The summed E-state index contributed by atoms with van der Waals surface area (Å²) in [4.78, 5) is 11.1. The molecule has 1 aromatic heterocycles. The number of primary amides is 1. The zero-order valence-electron chi connectivity index (χ0n) is 8.29. The van der Waals surface area contributed by atoms with Gasteiger partial charge < -0.3 is 10.8 Å². The molecule has 0 aliphatic rings. The van der Waals surface area contributed by atoms with E-state index < -0.39 is 6.03 Å². The topological polar surface area (TPSA) is 68.2 Å². The van der Waals surface area contributed by atoms with E-state index in [1.54, 1.807) is 20.8 Å². The Morgan fingerprint density at radius 2 is 1.86 bits per heavy atom. The van der Waals surface area contributed by atoms with Crippen LogP contribution in [0.2, 0.25) is 0 Å². The molecule has 0 saturated heterocycles. The predicted molar refractivity (Wildman–Crippen MR) is 56.1 cm³/mol. The molecule has 0 atom stereocenters. The highest BCUT2D eigenvalue weighted by Gasteiger charge is 2.13. The molecule has 0 aliphatic heterocycles. The van der Waals surface area contributed by atoms with Gasteiger partial charge in [-0.05, 0) is 26.3 Å². The molecule has 3 N–H and O–H groups in total. The Morgan fingerprint density at radius 3 is 2.29 bits per heavy atom. The first-order valence-electron chi connectivity index (χ1n) is 4.09. The van der Waals surface area contributed by atoms with Crippen LogP contribution in [-0.2, 0) is 0 Å². The maximum Gasteiger partial charge on any atom is 0.323 e. The zero-order chi connectivity index (χ0) is 11.0. The van der Waals surface area contributed by atoms with E-state index in [4.69, 9.17) is 18.0 Å². The lowest BCUT2D eigenvalue weighted by molar-refractivity contribution is 0.249. The molecule has 0 aromatic carbocycles. The fourth-order valence-electron chi connectivity index (χ4n) is 1.36. The summed E-state index contributed by atoms with van der Waals surface area (Å²) in [7, 11) is 0. The van der Waals surface area contributed by atoms with Crippen LogP contribution in [0.4, 0.5) is 4.79 Å². The Morgan fingerprint density at radius 1 is 1.36 bits per heavy atom. The van der Waals surface area contributed by atoms with Crippen LogP contribution in [0.1, 0.15) is 17.0 Å².